The number of nitrogens with zero attached hydrogens (tertiary/aromatic N) is 2. The van der Waals surface area contributed by atoms with Gasteiger partial charge in [-0.05, 0) is 49.7 Å². The van der Waals surface area contributed by atoms with E-state index in [1.54, 1.807) is 6.07 Å². The zero-order valence-corrected chi connectivity index (χ0v) is 13.9. The van der Waals surface area contributed by atoms with Gasteiger partial charge >= 0.3 is 0 Å². The molecule has 23 heavy (non-hydrogen) atoms. The third kappa shape index (κ3) is 4.17. The molecule has 1 fully saturated rings. The van der Waals surface area contributed by atoms with E-state index in [2.05, 4.69) is 15.6 Å². The zero-order valence-electron chi connectivity index (χ0n) is 13.1. The predicted octanol–water partition coefficient (Wildman–Crippen LogP) is 1.35. The molecule has 2 N–H and O–H groups in total. The summed E-state index contributed by atoms with van der Waals surface area (Å²) in [5.41, 5.74) is -0.0719. The van der Waals surface area contributed by atoms with E-state index in [1.165, 1.54) is 35.1 Å². The van der Waals surface area contributed by atoms with Crippen molar-refractivity contribution < 1.29 is 4.79 Å². The molecular weight excluding hydrogens is 312 g/mol. The van der Waals surface area contributed by atoms with E-state index in [-0.39, 0.29) is 11.5 Å². The smallest absolute Gasteiger partial charge is 0.262 e. The third-order valence-electron chi connectivity index (χ3n) is 4.30. The SMILES string of the molecule is O=C(CCn1cnc2sccc2c1=O)NCCC1CCCNC1. The fraction of sp³-hybridized carbons (Fsp3) is 0.562. The summed E-state index contributed by atoms with van der Waals surface area (Å²) in [6, 6.07) is 1.78. The number of carbonyl (C=O) groups excluding carboxylic acids is 1. The number of rotatable bonds is 6. The van der Waals surface area contributed by atoms with Crippen molar-refractivity contribution in [2.75, 3.05) is 19.6 Å². The fourth-order valence-electron chi connectivity index (χ4n) is 2.95. The normalized spacial score (nSPS) is 18.2. The first-order valence-corrected chi connectivity index (χ1v) is 9.02. The molecule has 124 valence electrons. The van der Waals surface area contributed by atoms with Crippen molar-refractivity contribution in [3.8, 4) is 0 Å². The first-order valence-electron chi connectivity index (χ1n) is 8.14. The lowest BCUT2D eigenvalue weighted by atomic mass is 9.96. The molecule has 0 saturated carbocycles. The van der Waals surface area contributed by atoms with Crippen molar-refractivity contribution in [3.05, 3.63) is 28.1 Å². The van der Waals surface area contributed by atoms with Gasteiger partial charge < -0.3 is 10.6 Å². The minimum Gasteiger partial charge on any atom is -0.356 e. The van der Waals surface area contributed by atoms with Crippen molar-refractivity contribution in [2.45, 2.75) is 32.2 Å². The minimum atomic E-state index is -0.0719. The Labute approximate surface area is 138 Å². The quantitative estimate of drug-likeness (QED) is 0.836. The molecule has 3 heterocycles. The molecule has 1 saturated heterocycles. The van der Waals surface area contributed by atoms with Gasteiger partial charge in [0.05, 0.1) is 11.7 Å². The second-order valence-electron chi connectivity index (χ2n) is 5.98. The molecule has 1 amide bonds. The standard InChI is InChI=1S/C16H22N4O2S/c21-14(18-7-3-12-2-1-6-17-10-12)4-8-20-11-19-15-13(16(20)22)5-9-23-15/h5,9,11-12,17H,1-4,6-8,10H2,(H,18,21). The minimum absolute atomic E-state index is 0.00826. The Balaban J connectivity index is 1.44. The summed E-state index contributed by atoms with van der Waals surface area (Å²) in [6.07, 6.45) is 5.31. The van der Waals surface area contributed by atoms with E-state index in [4.69, 9.17) is 0 Å². The number of aromatic nitrogens is 2. The van der Waals surface area contributed by atoms with Crippen LogP contribution in [0.4, 0.5) is 0 Å². The molecule has 0 bridgehead atoms. The Kier molecular flexibility index (Phi) is 5.40. The van der Waals surface area contributed by atoms with Crippen LogP contribution in [0.5, 0.6) is 0 Å². The van der Waals surface area contributed by atoms with E-state index in [9.17, 15) is 9.59 Å². The summed E-state index contributed by atoms with van der Waals surface area (Å²) < 4.78 is 1.51. The molecule has 7 heteroatoms. The van der Waals surface area contributed by atoms with Crippen LogP contribution in [0.3, 0.4) is 0 Å². The van der Waals surface area contributed by atoms with Crippen LogP contribution in [-0.4, -0.2) is 35.1 Å². The molecule has 0 aliphatic carbocycles. The average Bonchev–Trinajstić information content (AvgIpc) is 3.05. The first-order chi connectivity index (χ1) is 11.2. The monoisotopic (exact) mass is 334 g/mol. The van der Waals surface area contributed by atoms with E-state index >= 15 is 0 Å². The molecule has 0 spiro atoms. The van der Waals surface area contributed by atoms with Crippen LogP contribution in [0.1, 0.15) is 25.7 Å². The summed E-state index contributed by atoms with van der Waals surface area (Å²) in [5.74, 6) is 0.656. The maximum Gasteiger partial charge on any atom is 0.262 e. The number of hydrogen-bond donors (Lipinski definition) is 2. The van der Waals surface area contributed by atoms with Crippen molar-refractivity contribution >= 4 is 27.5 Å². The highest BCUT2D eigenvalue weighted by atomic mass is 32.1. The molecule has 0 radical (unpaired) electrons. The molecule has 2 aromatic heterocycles. The van der Waals surface area contributed by atoms with Crippen molar-refractivity contribution in [1.29, 1.82) is 0 Å². The number of thiophene rings is 1. The largest absolute Gasteiger partial charge is 0.356 e. The van der Waals surface area contributed by atoms with E-state index in [1.807, 2.05) is 5.38 Å². The van der Waals surface area contributed by atoms with Crippen LogP contribution in [0, 0.1) is 5.92 Å². The maximum absolute atomic E-state index is 12.2. The van der Waals surface area contributed by atoms with Gasteiger partial charge in [0.2, 0.25) is 5.91 Å². The molecule has 1 atom stereocenters. The van der Waals surface area contributed by atoms with Crippen LogP contribution in [0.15, 0.2) is 22.6 Å². The molecule has 6 nitrogen and oxygen atoms in total. The van der Waals surface area contributed by atoms with Gasteiger partial charge in [-0.1, -0.05) is 0 Å². The molecule has 0 aromatic carbocycles. The van der Waals surface area contributed by atoms with E-state index < -0.39 is 0 Å². The van der Waals surface area contributed by atoms with Gasteiger partial charge in [-0.3, -0.25) is 14.2 Å². The van der Waals surface area contributed by atoms with Crippen LogP contribution in [0.2, 0.25) is 0 Å². The molecular formula is C16H22N4O2S. The summed E-state index contributed by atoms with van der Waals surface area (Å²) >= 11 is 1.45. The van der Waals surface area contributed by atoms with E-state index in [0.29, 0.717) is 30.8 Å². The van der Waals surface area contributed by atoms with E-state index in [0.717, 1.165) is 24.3 Å². The van der Waals surface area contributed by atoms with Crippen LogP contribution >= 0.6 is 11.3 Å². The van der Waals surface area contributed by atoms with Crippen LogP contribution in [0.25, 0.3) is 10.2 Å². The highest BCUT2D eigenvalue weighted by Crippen LogP contribution is 2.14. The zero-order chi connectivity index (χ0) is 16.1. The Morgan fingerprint density at radius 2 is 2.43 bits per heavy atom. The molecule has 1 unspecified atom stereocenters. The van der Waals surface area contributed by atoms with Crippen molar-refractivity contribution in [1.82, 2.24) is 20.2 Å². The Hall–Kier alpha value is -1.73. The number of fused-ring (bicyclic) bond motifs is 1. The average molecular weight is 334 g/mol. The molecule has 1 aliphatic heterocycles. The molecule has 3 rings (SSSR count). The highest BCUT2D eigenvalue weighted by Gasteiger charge is 2.13. The number of carbonyl (C=O) groups is 1. The van der Waals surface area contributed by atoms with Gasteiger partial charge in [0, 0.05) is 19.5 Å². The van der Waals surface area contributed by atoms with Gasteiger partial charge in [-0.15, -0.1) is 11.3 Å². The summed E-state index contributed by atoms with van der Waals surface area (Å²) in [5, 5.41) is 8.82. The van der Waals surface area contributed by atoms with Crippen molar-refractivity contribution in [2.24, 2.45) is 5.92 Å². The first kappa shape index (κ1) is 16.1. The molecule has 2 aromatic rings. The second kappa shape index (κ2) is 7.70. The lowest BCUT2D eigenvalue weighted by Gasteiger charge is -2.22. The Bertz CT molecular complexity index is 718. The molecule has 1 aliphatic rings. The Morgan fingerprint density at radius 3 is 3.26 bits per heavy atom. The summed E-state index contributed by atoms with van der Waals surface area (Å²) in [4.78, 5) is 29.1. The second-order valence-corrected chi connectivity index (χ2v) is 6.88. The van der Waals surface area contributed by atoms with Crippen LogP contribution in [-0.2, 0) is 11.3 Å². The topological polar surface area (TPSA) is 76.0 Å². The lowest BCUT2D eigenvalue weighted by molar-refractivity contribution is -0.121. The third-order valence-corrected chi connectivity index (χ3v) is 5.12. The number of piperidine rings is 1. The van der Waals surface area contributed by atoms with Gasteiger partial charge in [-0.2, -0.15) is 0 Å². The van der Waals surface area contributed by atoms with Gasteiger partial charge in [0.15, 0.2) is 0 Å². The van der Waals surface area contributed by atoms with Crippen LogP contribution < -0.4 is 16.2 Å². The lowest BCUT2D eigenvalue weighted by Crippen LogP contribution is -2.33. The van der Waals surface area contributed by atoms with Gasteiger partial charge in [-0.25, -0.2) is 4.98 Å². The summed E-state index contributed by atoms with van der Waals surface area (Å²) in [6.45, 7) is 3.24. The van der Waals surface area contributed by atoms with Crippen molar-refractivity contribution in [3.63, 3.8) is 0 Å². The Morgan fingerprint density at radius 1 is 1.52 bits per heavy atom. The van der Waals surface area contributed by atoms with Gasteiger partial charge in [0.25, 0.3) is 5.56 Å². The number of hydrogen-bond acceptors (Lipinski definition) is 5. The highest BCUT2D eigenvalue weighted by molar-refractivity contribution is 7.16. The maximum atomic E-state index is 12.2. The number of nitrogens with one attached hydrogen (secondary N) is 2. The fourth-order valence-corrected chi connectivity index (χ4v) is 3.67. The number of aryl methyl sites for hydroxylation is 1. The predicted molar refractivity (Wildman–Crippen MR) is 91.7 cm³/mol. The summed E-state index contributed by atoms with van der Waals surface area (Å²) in [7, 11) is 0. The van der Waals surface area contributed by atoms with Gasteiger partial charge in [0.1, 0.15) is 4.83 Å². The number of amides is 1.